The normalized spacial score (nSPS) is 14.9. The molecule has 2 nitrogen and oxygen atoms in total. The lowest BCUT2D eigenvalue weighted by Gasteiger charge is -2.04. The first-order valence-electron chi connectivity index (χ1n) is 5.31. The van der Waals surface area contributed by atoms with Gasteiger partial charge >= 0.3 is 0 Å². The molecule has 0 spiro atoms. The van der Waals surface area contributed by atoms with E-state index >= 15 is 0 Å². The number of rotatable bonds is 1. The molecule has 0 radical (unpaired) electrons. The lowest BCUT2D eigenvalue weighted by molar-refractivity contribution is 0.960. The van der Waals surface area contributed by atoms with E-state index < -0.39 is 0 Å². The van der Waals surface area contributed by atoms with Crippen LogP contribution in [0.1, 0.15) is 5.56 Å². The van der Waals surface area contributed by atoms with Crippen LogP contribution in [-0.2, 0) is 0 Å². The van der Waals surface area contributed by atoms with Crippen LogP contribution in [0.25, 0.3) is 10.8 Å². The predicted octanol–water partition coefficient (Wildman–Crippen LogP) is 2.95. The van der Waals surface area contributed by atoms with Gasteiger partial charge in [-0.05, 0) is 29.0 Å². The Kier molecular flexibility index (Phi) is 2.40. The van der Waals surface area contributed by atoms with Gasteiger partial charge in [-0.25, -0.2) is 0 Å². The van der Waals surface area contributed by atoms with Crippen molar-refractivity contribution in [3.63, 3.8) is 0 Å². The van der Waals surface area contributed by atoms with Crippen molar-refractivity contribution in [1.29, 1.82) is 0 Å². The number of benzene rings is 2. The van der Waals surface area contributed by atoms with Crippen LogP contribution in [-0.4, -0.2) is 18.9 Å². The minimum absolute atomic E-state index is 0.883. The number of fused-ring (bicyclic) bond motifs is 1. The number of halogens is 1. The first kappa shape index (κ1) is 9.85. The molecule has 0 unspecified atom stereocenters. The molecule has 1 N–H and O–H groups in total. The summed E-state index contributed by atoms with van der Waals surface area (Å²) in [5.74, 6) is 1.02. The smallest absolute Gasteiger partial charge is 0.128 e. The van der Waals surface area contributed by atoms with Crippen molar-refractivity contribution in [3.05, 3.63) is 46.4 Å². The van der Waals surface area contributed by atoms with Crippen LogP contribution in [0.5, 0.6) is 0 Å². The second kappa shape index (κ2) is 3.91. The fourth-order valence-corrected chi connectivity index (χ4v) is 2.33. The maximum absolute atomic E-state index is 4.43. The molecule has 3 heteroatoms. The highest BCUT2D eigenvalue weighted by atomic mass is 79.9. The van der Waals surface area contributed by atoms with E-state index in [0.29, 0.717) is 0 Å². The van der Waals surface area contributed by atoms with E-state index in [2.05, 4.69) is 62.6 Å². The molecule has 0 fully saturated rings. The molecule has 0 saturated carbocycles. The van der Waals surface area contributed by atoms with E-state index in [-0.39, 0.29) is 0 Å². The summed E-state index contributed by atoms with van der Waals surface area (Å²) >= 11 is 3.48. The molecule has 3 rings (SSSR count). The van der Waals surface area contributed by atoms with Crippen molar-refractivity contribution >= 4 is 32.5 Å². The zero-order valence-electron chi connectivity index (χ0n) is 8.70. The molecule has 1 aliphatic rings. The largest absolute Gasteiger partial charge is 0.368 e. The highest BCUT2D eigenvalue weighted by Crippen LogP contribution is 2.21. The number of aliphatic imine (C=N–C) groups is 1. The molecule has 2 aromatic carbocycles. The van der Waals surface area contributed by atoms with E-state index in [0.717, 1.165) is 23.4 Å². The first-order chi connectivity index (χ1) is 7.83. The monoisotopic (exact) mass is 274 g/mol. The van der Waals surface area contributed by atoms with Gasteiger partial charge in [0, 0.05) is 16.6 Å². The highest BCUT2D eigenvalue weighted by molar-refractivity contribution is 9.10. The molecular formula is C13H11BrN2. The van der Waals surface area contributed by atoms with Crippen molar-refractivity contribution in [2.75, 3.05) is 13.1 Å². The molecule has 1 heterocycles. The quantitative estimate of drug-likeness (QED) is 0.850. The Balaban J connectivity index is 2.12. The summed E-state index contributed by atoms with van der Waals surface area (Å²) in [5.41, 5.74) is 1.17. The van der Waals surface area contributed by atoms with Gasteiger partial charge in [-0.15, -0.1) is 0 Å². The van der Waals surface area contributed by atoms with Gasteiger partial charge in [0.1, 0.15) is 5.84 Å². The van der Waals surface area contributed by atoms with Crippen molar-refractivity contribution in [3.8, 4) is 0 Å². The maximum Gasteiger partial charge on any atom is 0.128 e. The Labute approximate surface area is 103 Å². The van der Waals surface area contributed by atoms with Gasteiger partial charge in [0.2, 0.25) is 0 Å². The highest BCUT2D eigenvalue weighted by Gasteiger charge is 2.07. The Bertz CT molecular complexity index is 575. The van der Waals surface area contributed by atoms with Gasteiger partial charge < -0.3 is 5.32 Å². The Morgan fingerprint density at radius 1 is 1.06 bits per heavy atom. The number of hydrogen-bond donors (Lipinski definition) is 1. The third kappa shape index (κ3) is 1.71. The third-order valence-corrected chi connectivity index (χ3v) is 3.24. The second-order valence-corrected chi connectivity index (χ2v) is 4.78. The number of hydrogen-bond acceptors (Lipinski definition) is 2. The molecule has 0 saturated heterocycles. The lowest BCUT2D eigenvalue weighted by Crippen LogP contribution is -2.19. The summed E-state index contributed by atoms with van der Waals surface area (Å²) in [5, 5.41) is 5.78. The molecule has 0 atom stereocenters. The number of nitrogens with zero attached hydrogens (tertiary/aromatic N) is 1. The van der Waals surface area contributed by atoms with Crippen LogP contribution < -0.4 is 5.32 Å². The Hall–Kier alpha value is -1.35. The zero-order valence-corrected chi connectivity index (χ0v) is 10.3. The van der Waals surface area contributed by atoms with E-state index in [9.17, 15) is 0 Å². The number of amidine groups is 1. The predicted molar refractivity (Wildman–Crippen MR) is 71.1 cm³/mol. The van der Waals surface area contributed by atoms with Gasteiger partial charge in [0.15, 0.2) is 0 Å². The summed E-state index contributed by atoms with van der Waals surface area (Å²) in [4.78, 5) is 4.43. The van der Waals surface area contributed by atoms with Crippen LogP contribution in [0, 0.1) is 0 Å². The van der Waals surface area contributed by atoms with Crippen LogP contribution in [0.3, 0.4) is 0 Å². The zero-order chi connectivity index (χ0) is 11.0. The van der Waals surface area contributed by atoms with Crippen molar-refractivity contribution < 1.29 is 0 Å². The van der Waals surface area contributed by atoms with Crippen molar-refractivity contribution in [1.82, 2.24) is 5.32 Å². The van der Waals surface area contributed by atoms with Crippen molar-refractivity contribution in [2.24, 2.45) is 4.99 Å². The Morgan fingerprint density at radius 3 is 2.69 bits per heavy atom. The van der Waals surface area contributed by atoms with E-state index in [1.807, 2.05) is 0 Å². The molecular weight excluding hydrogens is 264 g/mol. The van der Waals surface area contributed by atoms with Crippen LogP contribution in [0.2, 0.25) is 0 Å². The Morgan fingerprint density at radius 2 is 1.88 bits per heavy atom. The summed E-state index contributed by atoms with van der Waals surface area (Å²) in [6, 6.07) is 12.8. The summed E-state index contributed by atoms with van der Waals surface area (Å²) < 4.78 is 1.11. The molecule has 80 valence electrons. The van der Waals surface area contributed by atoms with E-state index in [1.54, 1.807) is 0 Å². The van der Waals surface area contributed by atoms with Crippen LogP contribution >= 0.6 is 15.9 Å². The molecule has 0 amide bonds. The van der Waals surface area contributed by atoms with E-state index in [1.165, 1.54) is 16.3 Å². The summed E-state index contributed by atoms with van der Waals surface area (Å²) in [7, 11) is 0. The van der Waals surface area contributed by atoms with E-state index in [4.69, 9.17) is 0 Å². The number of nitrogens with one attached hydrogen (secondary N) is 1. The van der Waals surface area contributed by atoms with Crippen molar-refractivity contribution in [2.45, 2.75) is 0 Å². The van der Waals surface area contributed by atoms with Gasteiger partial charge in [-0.2, -0.15) is 0 Å². The van der Waals surface area contributed by atoms with Gasteiger partial charge in [-0.1, -0.05) is 34.1 Å². The van der Waals surface area contributed by atoms with Crippen LogP contribution in [0.4, 0.5) is 0 Å². The molecule has 0 bridgehead atoms. The molecule has 2 aromatic rings. The molecule has 16 heavy (non-hydrogen) atoms. The fraction of sp³-hybridized carbons (Fsp3) is 0.154. The minimum atomic E-state index is 0.883. The average molecular weight is 275 g/mol. The first-order valence-corrected chi connectivity index (χ1v) is 6.10. The topological polar surface area (TPSA) is 24.4 Å². The van der Waals surface area contributed by atoms with Gasteiger partial charge in [0.05, 0.1) is 6.54 Å². The third-order valence-electron chi connectivity index (χ3n) is 2.75. The fourth-order valence-electron chi connectivity index (χ4n) is 1.96. The molecule has 0 aliphatic carbocycles. The average Bonchev–Trinajstić information content (AvgIpc) is 2.82. The summed E-state index contributed by atoms with van der Waals surface area (Å²) in [6.45, 7) is 1.83. The summed E-state index contributed by atoms with van der Waals surface area (Å²) in [6.07, 6.45) is 0. The standard InChI is InChI=1S/C13H11BrN2/c14-12-4-3-9-7-11(2-1-10(9)8-12)13-15-5-6-16-13/h1-4,7-8H,5-6H2,(H,15,16). The molecule has 0 aromatic heterocycles. The minimum Gasteiger partial charge on any atom is -0.368 e. The maximum atomic E-state index is 4.43. The molecule has 1 aliphatic heterocycles. The van der Waals surface area contributed by atoms with Gasteiger partial charge in [-0.3, -0.25) is 4.99 Å². The SMILES string of the molecule is Brc1ccc2cc(C3=NCCN3)ccc2c1. The van der Waals surface area contributed by atoms with Gasteiger partial charge in [0.25, 0.3) is 0 Å². The second-order valence-electron chi connectivity index (χ2n) is 3.86. The lowest BCUT2D eigenvalue weighted by atomic mass is 10.1. The van der Waals surface area contributed by atoms with Crippen LogP contribution in [0.15, 0.2) is 45.9 Å².